The number of ether oxygens (including phenoxy) is 1. The summed E-state index contributed by atoms with van der Waals surface area (Å²) in [4.78, 5) is 11.9. The average molecular weight is 282 g/mol. The Morgan fingerprint density at radius 3 is 2.45 bits per heavy atom. The van der Waals surface area contributed by atoms with E-state index in [9.17, 15) is 4.79 Å². The van der Waals surface area contributed by atoms with Gasteiger partial charge >= 0.3 is 0 Å². The Kier molecular flexibility index (Phi) is 6.80. The van der Waals surface area contributed by atoms with Crippen LogP contribution in [-0.4, -0.2) is 31.2 Å². The van der Waals surface area contributed by atoms with Crippen LogP contribution in [-0.2, 0) is 9.53 Å². The van der Waals surface area contributed by atoms with E-state index in [0.29, 0.717) is 12.1 Å². The normalized spacial score (nSPS) is 28.2. The zero-order valence-corrected chi connectivity index (χ0v) is 12.6. The molecule has 2 fully saturated rings. The number of amides is 1. The lowest BCUT2D eigenvalue weighted by molar-refractivity contribution is -0.125. The molecule has 20 heavy (non-hydrogen) atoms. The SMILES string of the molecule is NC1CCC(OCCCNC(=O)C2CCCCC2)CC1. The second kappa shape index (κ2) is 8.63. The van der Waals surface area contributed by atoms with Crippen molar-refractivity contribution in [3.63, 3.8) is 0 Å². The molecule has 0 atom stereocenters. The van der Waals surface area contributed by atoms with Crippen molar-refractivity contribution in [3.05, 3.63) is 0 Å². The average Bonchev–Trinajstić information content (AvgIpc) is 2.49. The van der Waals surface area contributed by atoms with Gasteiger partial charge in [-0.3, -0.25) is 4.79 Å². The van der Waals surface area contributed by atoms with Gasteiger partial charge in [0.1, 0.15) is 0 Å². The second-order valence-electron chi connectivity index (χ2n) is 6.39. The van der Waals surface area contributed by atoms with Crippen molar-refractivity contribution in [3.8, 4) is 0 Å². The minimum absolute atomic E-state index is 0.258. The lowest BCUT2D eigenvalue weighted by Crippen LogP contribution is -2.33. The summed E-state index contributed by atoms with van der Waals surface area (Å²) in [5, 5.41) is 3.06. The minimum Gasteiger partial charge on any atom is -0.378 e. The van der Waals surface area contributed by atoms with E-state index >= 15 is 0 Å². The first kappa shape index (κ1) is 15.8. The molecule has 2 rings (SSSR count). The van der Waals surface area contributed by atoms with E-state index in [1.807, 2.05) is 0 Å². The van der Waals surface area contributed by atoms with Crippen LogP contribution in [0.25, 0.3) is 0 Å². The topological polar surface area (TPSA) is 64.3 Å². The zero-order valence-electron chi connectivity index (χ0n) is 12.6. The minimum atomic E-state index is 0.258. The Morgan fingerprint density at radius 1 is 1.05 bits per heavy atom. The van der Waals surface area contributed by atoms with Crippen molar-refractivity contribution in [2.24, 2.45) is 11.7 Å². The molecule has 0 radical (unpaired) electrons. The summed E-state index contributed by atoms with van der Waals surface area (Å²) >= 11 is 0. The van der Waals surface area contributed by atoms with E-state index in [2.05, 4.69) is 5.32 Å². The van der Waals surface area contributed by atoms with Crippen LogP contribution in [0.3, 0.4) is 0 Å². The third kappa shape index (κ3) is 5.41. The number of carbonyl (C=O) groups is 1. The Hall–Kier alpha value is -0.610. The van der Waals surface area contributed by atoms with Gasteiger partial charge in [0.15, 0.2) is 0 Å². The van der Waals surface area contributed by atoms with Crippen molar-refractivity contribution in [2.75, 3.05) is 13.2 Å². The zero-order chi connectivity index (χ0) is 14.2. The maximum Gasteiger partial charge on any atom is 0.223 e. The van der Waals surface area contributed by atoms with Crippen LogP contribution in [0.5, 0.6) is 0 Å². The van der Waals surface area contributed by atoms with Crippen LogP contribution in [0, 0.1) is 5.92 Å². The Morgan fingerprint density at radius 2 is 1.75 bits per heavy atom. The molecule has 2 aliphatic carbocycles. The third-order valence-corrected chi connectivity index (χ3v) is 4.67. The smallest absolute Gasteiger partial charge is 0.223 e. The molecule has 2 saturated carbocycles. The molecule has 4 nitrogen and oxygen atoms in total. The first-order valence-corrected chi connectivity index (χ1v) is 8.40. The number of hydrogen-bond donors (Lipinski definition) is 2. The largest absolute Gasteiger partial charge is 0.378 e. The van der Waals surface area contributed by atoms with Gasteiger partial charge in [-0.05, 0) is 44.9 Å². The highest BCUT2D eigenvalue weighted by Gasteiger charge is 2.21. The summed E-state index contributed by atoms with van der Waals surface area (Å²) in [6.07, 6.45) is 11.5. The fourth-order valence-electron chi connectivity index (χ4n) is 3.30. The summed E-state index contributed by atoms with van der Waals surface area (Å²) < 4.78 is 5.85. The van der Waals surface area contributed by atoms with Crippen molar-refractivity contribution in [1.82, 2.24) is 5.32 Å². The van der Waals surface area contributed by atoms with Gasteiger partial charge in [-0.25, -0.2) is 0 Å². The predicted octanol–water partition coefficient (Wildman–Crippen LogP) is 2.36. The van der Waals surface area contributed by atoms with E-state index in [1.54, 1.807) is 0 Å². The lowest BCUT2D eigenvalue weighted by atomic mass is 9.89. The fraction of sp³-hybridized carbons (Fsp3) is 0.938. The molecular formula is C16H30N2O2. The van der Waals surface area contributed by atoms with Crippen molar-refractivity contribution in [2.45, 2.75) is 76.4 Å². The number of nitrogens with two attached hydrogens (primary N) is 1. The molecule has 0 saturated heterocycles. The Labute approximate surface area is 122 Å². The first-order chi connectivity index (χ1) is 9.75. The molecule has 3 N–H and O–H groups in total. The summed E-state index contributed by atoms with van der Waals surface area (Å²) in [6, 6.07) is 0.379. The van der Waals surface area contributed by atoms with Gasteiger partial charge in [0.25, 0.3) is 0 Å². The van der Waals surface area contributed by atoms with Gasteiger partial charge in [-0.1, -0.05) is 19.3 Å². The van der Waals surface area contributed by atoms with Crippen LogP contribution in [0.2, 0.25) is 0 Å². The quantitative estimate of drug-likeness (QED) is 0.735. The molecule has 0 bridgehead atoms. The Bertz CT molecular complexity index is 282. The van der Waals surface area contributed by atoms with Crippen LogP contribution in [0.4, 0.5) is 0 Å². The standard InChI is InChI=1S/C16H30N2O2/c17-14-7-9-15(10-8-14)20-12-4-11-18-16(19)13-5-2-1-3-6-13/h13-15H,1-12,17H2,(H,18,19). The molecular weight excluding hydrogens is 252 g/mol. The van der Waals surface area contributed by atoms with Gasteiger partial charge < -0.3 is 15.8 Å². The monoisotopic (exact) mass is 282 g/mol. The van der Waals surface area contributed by atoms with Gasteiger partial charge in [0.2, 0.25) is 5.91 Å². The molecule has 2 aliphatic rings. The molecule has 0 aromatic heterocycles. The van der Waals surface area contributed by atoms with E-state index in [-0.39, 0.29) is 11.8 Å². The van der Waals surface area contributed by atoms with E-state index in [0.717, 1.165) is 58.1 Å². The number of carbonyl (C=O) groups excluding carboxylic acids is 1. The molecule has 116 valence electrons. The van der Waals surface area contributed by atoms with E-state index in [1.165, 1.54) is 19.3 Å². The predicted molar refractivity (Wildman–Crippen MR) is 80.4 cm³/mol. The molecule has 0 aromatic carbocycles. The molecule has 0 aliphatic heterocycles. The molecule has 0 spiro atoms. The third-order valence-electron chi connectivity index (χ3n) is 4.67. The molecule has 1 amide bonds. The number of hydrogen-bond acceptors (Lipinski definition) is 3. The summed E-state index contributed by atoms with van der Waals surface area (Å²) in [5.74, 6) is 0.526. The first-order valence-electron chi connectivity index (χ1n) is 8.40. The summed E-state index contributed by atoms with van der Waals surface area (Å²) in [6.45, 7) is 1.51. The lowest BCUT2D eigenvalue weighted by Gasteiger charge is -2.26. The highest BCUT2D eigenvalue weighted by molar-refractivity contribution is 5.78. The van der Waals surface area contributed by atoms with Crippen molar-refractivity contribution < 1.29 is 9.53 Å². The van der Waals surface area contributed by atoms with E-state index in [4.69, 9.17) is 10.5 Å². The molecule has 4 heteroatoms. The van der Waals surface area contributed by atoms with Crippen LogP contribution in [0.1, 0.15) is 64.2 Å². The highest BCUT2D eigenvalue weighted by Crippen LogP contribution is 2.23. The summed E-state index contributed by atoms with van der Waals surface area (Å²) in [5.41, 5.74) is 5.87. The van der Waals surface area contributed by atoms with Crippen LogP contribution >= 0.6 is 0 Å². The van der Waals surface area contributed by atoms with Gasteiger partial charge in [-0.15, -0.1) is 0 Å². The summed E-state index contributed by atoms with van der Waals surface area (Å²) in [7, 11) is 0. The number of rotatable bonds is 6. The van der Waals surface area contributed by atoms with Crippen LogP contribution in [0.15, 0.2) is 0 Å². The van der Waals surface area contributed by atoms with Gasteiger partial charge in [0, 0.05) is 25.1 Å². The van der Waals surface area contributed by atoms with Crippen molar-refractivity contribution >= 4 is 5.91 Å². The molecule has 0 heterocycles. The maximum absolute atomic E-state index is 11.9. The second-order valence-corrected chi connectivity index (χ2v) is 6.39. The fourth-order valence-corrected chi connectivity index (χ4v) is 3.30. The maximum atomic E-state index is 11.9. The number of nitrogens with one attached hydrogen (secondary N) is 1. The van der Waals surface area contributed by atoms with Gasteiger partial charge in [-0.2, -0.15) is 0 Å². The van der Waals surface area contributed by atoms with Crippen molar-refractivity contribution in [1.29, 1.82) is 0 Å². The Balaban J connectivity index is 1.47. The highest BCUT2D eigenvalue weighted by atomic mass is 16.5. The molecule has 0 aromatic rings. The van der Waals surface area contributed by atoms with Crippen LogP contribution < -0.4 is 11.1 Å². The van der Waals surface area contributed by atoms with Gasteiger partial charge in [0.05, 0.1) is 6.10 Å². The molecule has 0 unspecified atom stereocenters. The van der Waals surface area contributed by atoms with E-state index < -0.39 is 0 Å².